The highest BCUT2D eigenvalue weighted by Crippen LogP contribution is 2.24. The molecule has 0 aliphatic rings. The number of nitrogens with one attached hydrogen (secondary N) is 1. The van der Waals surface area contributed by atoms with Gasteiger partial charge in [-0.25, -0.2) is 9.97 Å². The third-order valence-corrected chi connectivity index (χ3v) is 3.76. The van der Waals surface area contributed by atoms with E-state index < -0.39 is 0 Å². The molecule has 2 aromatic carbocycles. The Morgan fingerprint density at radius 2 is 1.68 bits per heavy atom. The molecule has 0 bridgehead atoms. The van der Waals surface area contributed by atoms with Gasteiger partial charge in [-0.15, -0.1) is 0 Å². The first-order valence-corrected chi connectivity index (χ1v) is 7.35. The Labute approximate surface area is 135 Å². The van der Waals surface area contributed by atoms with Gasteiger partial charge in [0.25, 0.3) is 5.91 Å². The highest BCUT2D eigenvalue weighted by molar-refractivity contribution is 9.10. The van der Waals surface area contributed by atoms with Crippen molar-refractivity contribution < 1.29 is 9.53 Å². The van der Waals surface area contributed by atoms with Crippen molar-refractivity contribution in [3.05, 3.63) is 58.7 Å². The van der Waals surface area contributed by atoms with Crippen LogP contribution in [0, 0.1) is 0 Å². The molecule has 0 unspecified atom stereocenters. The van der Waals surface area contributed by atoms with E-state index in [9.17, 15) is 4.79 Å². The van der Waals surface area contributed by atoms with Crippen LogP contribution in [0.1, 0.15) is 10.5 Å². The molecule has 0 saturated heterocycles. The standard InChI is InChI=1S/C16H12BrN3O2/c1-22-16-14(18-12-8-4-5-9-13(12)20-16)15(21)19-11-7-3-2-6-10(11)17/h2-9H,1H3,(H,19,21). The maximum absolute atomic E-state index is 12.5. The summed E-state index contributed by atoms with van der Waals surface area (Å²) in [5.41, 5.74) is 2.12. The monoisotopic (exact) mass is 357 g/mol. The highest BCUT2D eigenvalue weighted by atomic mass is 79.9. The second kappa shape index (κ2) is 6.11. The molecule has 0 fully saturated rings. The predicted octanol–water partition coefficient (Wildman–Crippen LogP) is 3.65. The van der Waals surface area contributed by atoms with E-state index in [4.69, 9.17) is 4.74 Å². The molecule has 0 spiro atoms. The van der Waals surface area contributed by atoms with Gasteiger partial charge in [0.2, 0.25) is 5.88 Å². The largest absolute Gasteiger partial charge is 0.479 e. The van der Waals surface area contributed by atoms with Crippen LogP contribution >= 0.6 is 15.9 Å². The number of amides is 1. The molecule has 110 valence electrons. The van der Waals surface area contributed by atoms with Gasteiger partial charge in [0.15, 0.2) is 5.69 Å². The number of hydrogen-bond donors (Lipinski definition) is 1. The van der Waals surface area contributed by atoms with Gasteiger partial charge in [-0.05, 0) is 40.2 Å². The average molecular weight is 358 g/mol. The lowest BCUT2D eigenvalue weighted by Crippen LogP contribution is -2.16. The van der Waals surface area contributed by atoms with Crippen LogP contribution in [0.25, 0.3) is 11.0 Å². The highest BCUT2D eigenvalue weighted by Gasteiger charge is 2.18. The van der Waals surface area contributed by atoms with Crippen LogP contribution in [0.15, 0.2) is 53.0 Å². The number of ether oxygens (including phenoxy) is 1. The van der Waals surface area contributed by atoms with E-state index in [1.807, 2.05) is 36.4 Å². The SMILES string of the molecule is COc1nc2ccccc2nc1C(=O)Nc1ccccc1Br. The minimum Gasteiger partial charge on any atom is -0.479 e. The first kappa shape index (κ1) is 14.5. The molecule has 3 rings (SSSR count). The van der Waals surface area contributed by atoms with Crippen molar-refractivity contribution in [1.29, 1.82) is 0 Å². The molecule has 0 aliphatic heterocycles. The molecule has 5 nitrogen and oxygen atoms in total. The van der Waals surface area contributed by atoms with Gasteiger partial charge in [-0.2, -0.15) is 0 Å². The fraction of sp³-hybridized carbons (Fsp3) is 0.0625. The van der Waals surface area contributed by atoms with Crippen molar-refractivity contribution in [3.63, 3.8) is 0 Å². The topological polar surface area (TPSA) is 64.1 Å². The molecule has 0 saturated carbocycles. The fourth-order valence-electron chi connectivity index (χ4n) is 2.02. The predicted molar refractivity (Wildman–Crippen MR) is 88.2 cm³/mol. The van der Waals surface area contributed by atoms with E-state index >= 15 is 0 Å². The van der Waals surface area contributed by atoms with Crippen LogP contribution < -0.4 is 10.1 Å². The molecular formula is C16H12BrN3O2. The van der Waals surface area contributed by atoms with Gasteiger partial charge in [-0.3, -0.25) is 4.79 Å². The Kier molecular flexibility index (Phi) is 4.02. The molecule has 1 heterocycles. The number of anilines is 1. The van der Waals surface area contributed by atoms with Crippen molar-refractivity contribution in [2.75, 3.05) is 12.4 Å². The minimum absolute atomic E-state index is 0.150. The Bertz CT molecular complexity index is 852. The van der Waals surface area contributed by atoms with Crippen molar-refractivity contribution in [2.24, 2.45) is 0 Å². The number of carbonyl (C=O) groups is 1. The van der Waals surface area contributed by atoms with E-state index in [0.29, 0.717) is 16.7 Å². The molecule has 0 radical (unpaired) electrons. The van der Waals surface area contributed by atoms with E-state index in [1.165, 1.54) is 7.11 Å². The second-order valence-electron chi connectivity index (χ2n) is 4.50. The zero-order valence-electron chi connectivity index (χ0n) is 11.7. The molecule has 22 heavy (non-hydrogen) atoms. The zero-order valence-corrected chi connectivity index (χ0v) is 13.3. The number of halogens is 1. The molecular weight excluding hydrogens is 346 g/mol. The first-order chi connectivity index (χ1) is 10.7. The minimum atomic E-state index is -0.373. The number of carbonyl (C=O) groups excluding carboxylic acids is 1. The Morgan fingerprint density at radius 1 is 1.05 bits per heavy atom. The third kappa shape index (κ3) is 2.78. The maximum atomic E-state index is 12.5. The number of para-hydroxylation sites is 3. The summed E-state index contributed by atoms with van der Waals surface area (Å²) in [7, 11) is 1.47. The number of nitrogens with zero attached hydrogens (tertiary/aromatic N) is 2. The van der Waals surface area contributed by atoms with Gasteiger partial charge in [0.05, 0.1) is 23.8 Å². The van der Waals surface area contributed by atoms with E-state index in [1.54, 1.807) is 12.1 Å². The van der Waals surface area contributed by atoms with Gasteiger partial charge >= 0.3 is 0 Å². The molecule has 1 N–H and O–H groups in total. The normalized spacial score (nSPS) is 10.5. The van der Waals surface area contributed by atoms with Crippen molar-refractivity contribution in [2.45, 2.75) is 0 Å². The maximum Gasteiger partial charge on any atom is 0.279 e. The first-order valence-electron chi connectivity index (χ1n) is 6.55. The van der Waals surface area contributed by atoms with E-state index in [0.717, 1.165) is 4.47 Å². The van der Waals surface area contributed by atoms with Crippen LogP contribution in [0.5, 0.6) is 5.88 Å². The number of rotatable bonds is 3. The molecule has 0 atom stereocenters. The molecule has 0 aliphatic carbocycles. The Morgan fingerprint density at radius 3 is 2.36 bits per heavy atom. The Hall–Kier alpha value is -2.47. The number of fused-ring (bicyclic) bond motifs is 1. The lowest BCUT2D eigenvalue weighted by molar-refractivity contribution is 0.101. The Balaban J connectivity index is 2.01. The van der Waals surface area contributed by atoms with Crippen LogP contribution in [0.2, 0.25) is 0 Å². The summed E-state index contributed by atoms with van der Waals surface area (Å²) in [5, 5.41) is 2.80. The second-order valence-corrected chi connectivity index (χ2v) is 5.36. The van der Waals surface area contributed by atoms with Crippen LogP contribution in [-0.4, -0.2) is 23.0 Å². The average Bonchev–Trinajstić information content (AvgIpc) is 2.55. The lowest BCUT2D eigenvalue weighted by Gasteiger charge is -2.10. The van der Waals surface area contributed by atoms with Gasteiger partial charge in [0.1, 0.15) is 0 Å². The van der Waals surface area contributed by atoms with Crippen molar-refractivity contribution >= 4 is 38.6 Å². The third-order valence-electron chi connectivity index (χ3n) is 3.07. The van der Waals surface area contributed by atoms with Gasteiger partial charge in [-0.1, -0.05) is 24.3 Å². The van der Waals surface area contributed by atoms with Crippen LogP contribution in [0.4, 0.5) is 5.69 Å². The summed E-state index contributed by atoms with van der Waals surface area (Å²) in [5.74, 6) is -0.176. The van der Waals surface area contributed by atoms with Gasteiger partial charge in [0, 0.05) is 4.47 Å². The molecule has 1 aromatic heterocycles. The van der Waals surface area contributed by atoms with E-state index in [-0.39, 0.29) is 17.5 Å². The fourth-order valence-corrected chi connectivity index (χ4v) is 2.40. The molecule has 1 amide bonds. The van der Waals surface area contributed by atoms with Crippen LogP contribution in [0.3, 0.4) is 0 Å². The summed E-state index contributed by atoms with van der Waals surface area (Å²) >= 11 is 3.39. The quantitative estimate of drug-likeness (QED) is 0.776. The van der Waals surface area contributed by atoms with Crippen molar-refractivity contribution in [1.82, 2.24) is 9.97 Å². The summed E-state index contributed by atoms with van der Waals surface area (Å²) < 4.78 is 5.98. The summed E-state index contributed by atoms with van der Waals surface area (Å²) in [6.45, 7) is 0. The molecule has 3 aromatic rings. The summed E-state index contributed by atoms with van der Waals surface area (Å²) in [4.78, 5) is 21.2. The summed E-state index contributed by atoms with van der Waals surface area (Å²) in [6.07, 6.45) is 0. The number of methoxy groups -OCH3 is 1. The van der Waals surface area contributed by atoms with Crippen LogP contribution in [-0.2, 0) is 0 Å². The number of aromatic nitrogens is 2. The van der Waals surface area contributed by atoms with Gasteiger partial charge < -0.3 is 10.1 Å². The number of benzene rings is 2. The summed E-state index contributed by atoms with van der Waals surface area (Å²) in [6, 6.07) is 14.7. The zero-order chi connectivity index (χ0) is 15.5. The lowest BCUT2D eigenvalue weighted by atomic mass is 10.2. The van der Waals surface area contributed by atoms with E-state index in [2.05, 4.69) is 31.2 Å². The number of hydrogen-bond acceptors (Lipinski definition) is 4. The van der Waals surface area contributed by atoms with Crippen molar-refractivity contribution in [3.8, 4) is 5.88 Å². The smallest absolute Gasteiger partial charge is 0.279 e. The molecule has 6 heteroatoms.